The van der Waals surface area contributed by atoms with Gasteiger partial charge in [-0.15, -0.1) is 0 Å². The Labute approximate surface area is 228 Å². The summed E-state index contributed by atoms with van der Waals surface area (Å²) in [5.74, 6) is 5.97. The van der Waals surface area contributed by atoms with E-state index in [0.717, 1.165) is 25.0 Å². The molecule has 1 saturated heterocycles. The number of aliphatic hydroxyl groups excluding tert-OH is 1. The summed E-state index contributed by atoms with van der Waals surface area (Å²) in [7, 11) is 0. The number of alkyl halides is 3. The zero-order valence-electron chi connectivity index (χ0n) is 23.1. The van der Waals surface area contributed by atoms with Crippen molar-refractivity contribution in [3.05, 3.63) is 29.8 Å². The molecule has 2 aliphatic rings. The summed E-state index contributed by atoms with van der Waals surface area (Å²) in [4.78, 5) is 28.3. The molecule has 1 heterocycles. The summed E-state index contributed by atoms with van der Waals surface area (Å²) in [6.07, 6.45) is -3.41. The maximum absolute atomic E-state index is 13.8. The number of hydrogen-bond acceptors (Lipinski definition) is 7. The highest BCUT2D eigenvalue weighted by molar-refractivity contribution is 5.91. The molecule has 39 heavy (non-hydrogen) atoms. The number of likely N-dealkylation sites (tertiary alicyclic amines) is 1. The molecule has 1 saturated carbocycles. The third-order valence-electron chi connectivity index (χ3n) is 7.32. The third-order valence-corrected chi connectivity index (χ3v) is 7.32. The fourth-order valence-corrected chi connectivity index (χ4v) is 5.03. The van der Waals surface area contributed by atoms with Gasteiger partial charge in [0, 0.05) is 25.6 Å². The summed E-state index contributed by atoms with van der Waals surface area (Å²) in [6.45, 7) is 7.78. The average molecular weight is 558 g/mol. The Balaban J connectivity index is 1.66. The molecule has 2 amide bonds. The Morgan fingerprint density at radius 1 is 1.26 bits per heavy atom. The standard InChI is InChI=1S/C27H42F3N5O4/c1-5-19(39-20-8-6-7-17(11-20)27(28,29)30)13-33-24(37)22-12-18(36)14-34(22)25(38)23(26(2,3)4)35(32)15-21(31)16-9-10-16/h6-8,11,16,18-19,21-23,36H,5,9-10,12-15,31-32H2,1-4H3,(H,33,37). The SMILES string of the molecule is CCC(CNC(=O)C1CC(O)CN1C(=O)C(N(N)CC(N)C1CC1)C(C)(C)C)Oc1cccc(C(F)(F)F)c1. The lowest BCUT2D eigenvalue weighted by atomic mass is 9.85. The Morgan fingerprint density at radius 2 is 1.92 bits per heavy atom. The second-order valence-corrected chi connectivity index (χ2v) is 11.8. The number of carbonyl (C=O) groups excluding carboxylic acids is 2. The predicted molar refractivity (Wildman–Crippen MR) is 140 cm³/mol. The van der Waals surface area contributed by atoms with Gasteiger partial charge in [0.1, 0.15) is 23.9 Å². The molecule has 1 aliphatic heterocycles. The zero-order chi connectivity index (χ0) is 29.1. The Bertz CT molecular complexity index is 998. The molecule has 2 fully saturated rings. The Kier molecular flexibility index (Phi) is 9.90. The van der Waals surface area contributed by atoms with Crippen molar-refractivity contribution in [1.82, 2.24) is 15.2 Å². The third kappa shape index (κ3) is 8.29. The number of carbonyl (C=O) groups is 2. The maximum Gasteiger partial charge on any atom is 0.416 e. The van der Waals surface area contributed by atoms with Crippen molar-refractivity contribution in [2.45, 2.75) is 89.9 Å². The zero-order valence-corrected chi connectivity index (χ0v) is 23.1. The number of ether oxygens (including phenoxy) is 1. The molecule has 6 N–H and O–H groups in total. The quantitative estimate of drug-likeness (QED) is 0.242. The van der Waals surface area contributed by atoms with Gasteiger partial charge >= 0.3 is 6.18 Å². The Hall–Kier alpha value is -2.41. The Morgan fingerprint density at radius 3 is 2.49 bits per heavy atom. The molecule has 3 rings (SSSR count). The number of nitrogens with two attached hydrogens (primary N) is 2. The van der Waals surface area contributed by atoms with Crippen LogP contribution >= 0.6 is 0 Å². The van der Waals surface area contributed by atoms with Crippen LogP contribution in [0.15, 0.2) is 24.3 Å². The van der Waals surface area contributed by atoms with Gasteiger partial charge in [-0.05, 0) is 48.8 Å². The van der Waals surface area contributed by atoms with Crippen LogP contribution in [0.4, 0.5) is 13.2 Å². The number of rotatable bonds is 11. The number of amides is 2. The molecule has 9 nitrogen and oxygen atoms in total. The fraction of sp³-hybridized carbons (Fsp3) is 0.704. The van der Waals surface area contributed by atoms with Crippen molar-refractivity contribution in [3.63, 3.8) is 0 Å². The van der Waals surface area contributed by atoms with E-state index in [1.54, 1.807) is 6.92 Å². The van der Waals surface area contributed by atoms with Crippen LogP contribution in [-0.2, 0) is 15.8 Å². The first-order valence-electron chi connectivity index (χ1n) is 13.5. The molecular formula is C27H42F3N5O4. The molecule has 0 aromatic heterocycles. The van der Waals surface area contributed by atoms with Gasteiger partial charge in [-0.1, -0.05) is 33.8 Å². The first kappa shape index (κ1) is 31.1. The van der Waals surface area contributed by atoms with Crippen molar-refractivity contribution >= 4 is 11.8 Å². The lowest BCUT2D eigenvalue weighted by Crippen LogP contribution is -2.61. The smallest absolute Gasteiger partial charge is 0.416 e. The predicted octanol–water partition coefficient (Wildman–Crippen LogP) is 2.27. The van der Waals surface area contributed by atoms with Crippen LogP contribution in [0.1, 0.15) is 58.9 Å². The van der Waals surface area contributed by atoms with E-state index in [1.165, 1.54) is 22.0 Å². The molecule has 1 aromatic rings. The molecule has 0 bridgehead atoms. The number of hydrogen-bond donors (Lipinski definition) is 4. The van der Waals surface area contributed by atoms with Gasteiger partial charge in [-0.3, -0.25) is 15.4 Å². The average Bonchev–Trinajstić information content (AvgIpc) is 3.61. The van der Waals surface area contributed by atoms with Crippen molar-refractivity contribution < 1.29 is 32.6 Å². The van der Waals surface area contributed by atoms with E-state index in [4.69, 9.17) is 16.3 Å². The summed E-state index contributed by atoms with van der Waals surface area (Å²) >= 11 is 0. The fourth-order valence-electron chi connectivity index (χ4n) is 5.03. The monoisotopic (exact) mass is 557 g/mol. The summed E-state index contributed by atoms with van der Waals surface area (Å²) in [6, 6.07) is 2.71. The van der Waals surface area contributed by atoms with Crippen LogP contribution < -0.4 is 21.6 Å². The number of benzene rings is 1. The summed E-state index contributed by atoms with van der Waals surface area (Å²) in [5.41, 5.74) is 4.86. The molecule has 0 radical (unpaired) electrons. The van der Waals surface area contributed by atoms with E-state index in [9.17, 15) is 27.9 Å². The second kappa shape index (κ2) is 12.4. The van der Waals surface area contributed by atoms with E-state index in [0.29, 0.717) is 18.9 Å². The van der Waals surface area contributed by atoms with E-state index >= 15 is 0 Å². The number of β-amino-alcohol motifs (C(OH)–C–C–N with tert-alkyl or cyclic N) is 1. The molecule has 1 aliphatic carbocycles. The first-order valence-corrected chi connectivity index (χ1v) is 13.5. The van der Waals surface area contributed by atoms with E-state index in [2.05, 4.69) is 5.32 Å². The van der Waals surface area contributed by atoms with Crippen LogP contribution in [-0.4, -0.2) is 76.8 Å². The second-order valence-electron chi connectivity index (χ2n) is 11.8. The van der Waals surface area contributed by atoms with Crippen LogP contribution in [0.3, 0.4) is 0 Å². The highest BCUT2D eigenvalue weighted by Crippen LogP contribution is 2.34. The van der Waals surface area contributed by atoms with Crippen LogP contribution in [0.25, 0.3) is 0 Å². The van der Waals surface area contributed by atoms with Crippen molar-refractivity contribution in [1.29, 1.82) is 0 Å². The number of halogens is 3. The first-order chi connectivity index (χ1) is 18.1. The molecule has 5 unspecified atom stereocenters. The lowest BCUT2D eigenvalue weighted by Gasteiger charge is -2.40. The van der Waals surface area contributed by atoms with Crippen molar-refractivity contribution in [3.8, 4) is 5.75 Å². The topological polar surface area (TPSA) is 134 Å². The van der Waals surface area contributed by atoms with Crippen LogP contribution in [0, 0.1) is 11.3 Å². The van der Waals surface area contributed by atoms with E-state index < -0.39 is 47.4 Å². The van der Waals surface area contributed by atoms with Gasteiger partial charge in [0.15, 0.2) is 0 Å². The van der Waals surface area contributed by atoms with E-state index in [1.807, 2.05) is 20.8 Å². The largest absolute Gasteiger partial charge is 0.489 e. The van der Waals surface area contributed by atoms with Crippen LogP contribution in [0.2, 0.25) is 0 Å². The van der Waals surface area contributed by atoms with E-state index in [-0.39, 0.29) is 37.2 Å². The van der Waals surface area contributed by atoms with Gasteiger partial charge in [-0.2, -0.15) is 13.2 Å². The molecule has 1 aromatic carbocycles. The number of nitrogens with zero attached hydrogens (tertiary/aromatic N) is 2. The lowest BCUT2D eigenvalue weighted by molar-refractivity contribution is -0.146. The summed E-state index contributed by atoms with van der Waals surface area (Å²) < 4.78 is 44.8. The molecule has 5 atom stereocenters. The summed E-state index contributed by atoms with van der Waals surface area (Å²) in [5, 5.41) is 14.6. The highest BCUT2D eigenvalue weighted by Gasteiger charge is 2.46. The number of hydrazine groups is 1. The minimum atomic E-state index is -4.50. The normalized spacial score (nSPS) is 22.5. The minimum absolute atomic E-state index is 0.00996. The molecule has 12 heteroatoms. The van der Waals surface area contributed by atoms with Crippen molar-refractivity contribution in [2.75, 3.05) is 19.6 Å². The van der Waals surface area contributed by atoms with Gasteiger partial charge in [0.25, 0.3) is 0 Å². The van der Waals surface area contributed by atoms with Gasteiger partial charge in [0.05, 0.1) is 18.2 Å². The molecular weight excluding hydrogens is 515 g/mol. The number of aliphatic hydroxyl groups is 1. The number of nitrogens with one attached hydrogen (secondary N) is 1. The maximum atomic E-state index is 13.8. The van der Waals surface area contributed by atoms with Gasteiger partial charge in [0.2, 0.25) is 11.8 Å². The highest BCUT2D eigenvalue weighted by atomic mass is 19.4. The van der Waals surface area contributed by atoms with Gasteiger partial charge in [-0.25, -0.2) is 5.01 Å². The van der Waals surface area contributed by atoms with Crippen molar-refractivity contribution in [2.24, 2.45) is 22.9 Å². The van der Waals surface area contributed by atoms with Crippen LogP contribution in [0.5, 0.6) is 5.75 Å². The molecule has 0 spiro atoms. The molecule has 220 valence electrons. The minimum Gasteiger partial charge on any atom is -0.489 e. The van der Waals surface area contributed by atoms with Gasteiger partial charge < -0.3 is 25.8 Å².